The zero-order chi connectivity index (χ0) is 25.4. The number of phenols is 2. The van der Waals surface area contributed by atoms with Crippen LogP contribution < -0.4 is 14.9 Å². The molecule has 2 aromatic carbocycles. The second-order valence-electron chi connectivity index (χ2n) is 8.21. The number of aliphatic hydroxyl groups excluding tert-OH is 3. The van der Waals surface area contributed by atoms with Crippen molar-refractivity contribution in [1.82, 2.24) is 0 Å². The lowest BCUT2D eigenvalue weighted by Gasteiger charge is -2.38. The lowest BCUT2D eigenvalue weighted by Crippen LogP contribution is -2.58. The second kappa shape index (κ2) is 9.59. The summed E-state index contributed by atoms with van der Waals surface area (Å²) in [4.78, 5) is 13.6. The maximum Gasteiger partial charge on any atom is 0.239 e. The van der Waals surface area contributed by atoms with Gasteiger partial charge in [0.1, 0.15) is 46.5 Å². The summed E-state index contributed by atoms with van der Waals surface area (Å²) < 4.78 is 22.5. The molecule has 3 aromatic rings. The molecule has 1 saturated heterocycles. The number of methoxy groups -OCH3 is 1. The van der Waals surface area contributed by atoms with Gasteiger partial charge in [-0.05, 0) is 37.6 Å². The van der Waals surface area contributed by atoms with Gasteiger partial charge in [-0.15, -0.1) is 6.58 Å². The van der Waals surface area contributed by atoms with Crippen molar-refractivity contribution in [2.24, 2.45) is 0 Å². The van der Waals surface area contributed by atoms with Crippen LogP contribution in [0.5, 0.6) is 23.0 Å². The summed E-state index contributed by atoms with van der Waals surface area (Å²) in [6, 6.07) is 7.48. The maximum absolute atomic E-state index is 13.6. The molecule has 0 unspecified atom stereocenters. The lowest BCUT2D eigenvalue weighted by atomic mass is 10.00. The first-order valence-corrected chi connectivity index (χ1v) is 10.8. The number of aromatic hydroxyl groups is 2. The van der Waals surface area contributed by atoms with Crippen LogP contribution in [0.3, 0.4) is 0 Å². The number of hydrogen-bond donors (Lipinski definition) is 5. The molecule has 10 nitrogen and oxygen atoms in total. The minimum absolute atomic E-state index is 0.0699. The van der Waals surface area contributed by atoms with E-state index in [4.69, 9.17) is 18.6 Å². The van der Waals surface area contributed by atoms with E-state index in [9.17, 15) is 30.3 Å². The van der Waals surface area contributed by atoms with E-state index in [1.165, 1.54) is 20.1 Å². The van der Waals surface area contributed by atoms with Crippen LogP contribution in [0, 0.1) is 0 Å². The Labute approximate surface area is 199 Å². The van der Waals surface area contributed by atoms with Crippen LogP contribution in [0.15, 0.2) is 52.2 Å². The highest BCUT2D eigenvalue weighted by atomic mass is 16.7. The molecule has 0 saturated carbocycles. The first-order chi connectivity index (χ1) is 16.7. The van der Waals surface area contributed by atoms with E-state index < -0.39 is 47.6 Å². The predicted octanol–water partition coefficient (Wildman–Crippen LogP) is 1.81. The van der Waals surface area contributed by atoms with Gasteiger partial charge in [-0.25, -0.2) is 0 Å². The van der Waals surface area contributed by atoms with E-state index in [2.05, 4.69) is 6.58 Å². The Morgan fingerprint density at radius 2 is 1.74 bits per heavy atom. The molecule has 0 bridgehead atoms. The summed E-state index contributed by atoms with van der Waals surface area (Å²) >= 11 is 0. The minimum Gasteiger partial charge on any atom is -0.507 e. The van der Waals surface area contributed by atoms with Gasteiger partial charge in [0.2, 0.25) is 17.5 Å². The predicted molar refractivity (Wildman–Crippen MR) is 125 cm³/mol. The van der Waals surface area contributed by atoms with E-state index in [0.717, 1.165) is 6.07 Å². The highest BCUT2D eigenvalue weighted by Gasteiger charge is 2.44. The summed E-state index contributed by atoms with van der Waals surface area (Å²) in [6.07, 6.45) is -5.46. The van der Waals surface area contributed by atoms with E-state index >= 15 is 0 Å². The van der Waals surface area contributed by atoms with Gasteiger partial charge in [-0.2, -0.15) is 0 Å². The minimum atomic E-state index is -1.69. The molecule has 5 N–H and O–H groups in total. The molecule has 186 valence electrons. The molecule has 4 rings (SSSR count). The molecule has 1 aromatic heterocycles. The number of phenolic OH excluding ortho intramolecular Hbond substituents is 2. The van der Waals surface area contributed by atoms with Crippen molar-refractivity contribution in [1.29, 1.82) is 0 Å². The molecule has 35 heavy (non-hydrogen) atoms. The quantitative estimate of drug-likeness (QED) is 0.325. The third-order valence-electron chi connectivity index (χ3n) is 5.93. The van der Waals surface area contributed by atoms with Crippen LogP contribution >= 0.6 is 0 Å². The third kappa shape index (κ3) is 4.32. The average molecular weight is 486 g/mol. The Morgan fingerprint density at radius 1 is 1.06 bits per heavy atom. The van der Waals surface area contributed by atoms with Crippen LogP contribution in [0.1, 0.15) is 12.5 Å². The Balaban J connectivity index is 1.96. The third-order valence-corrected chi connectivity index (χ3v) is 5.93. The zero-order valence-corrected chi connectivity index (χ0v) is 19.0. The van der Waals surface area contributed by atoms with E-state index in [-0.39, 0.29) is 34.5 Å². The van der Waals surface area contributed by atoms with Crippen molar-refractivity contribution in [3.63, 3.8) is 0 Å². The molecule has 0 radical (unpaired) electrons. The summed E-state index contributed by atoms with van der Waals surface area (Å²) in [5.41, 5.74) is -0.262. The number of hydrogen-bond acceptors (Lipinski definition) is 10. The topological polar surface area (TPSA) is 159 Å². The molecular formula is C25H26O10. The highest BCUT2D eigenvalue weighted by Crippen LogP contribution is 2.40. The van der Waals surface area contributed by atoms with Crippen molar-refractivity contribution < 1.29 is 44.2 Å². The summed E-state index contributed by atoms with van der Waals surface area (Å²) in [5, 5.41) is 51.2. The first-order valence-electron chi connectivity index (χ1n) is 10.8. The van der Waals surface area contributed by atoms with Crippen molar-refractivity contribution in [2.75, 3.05) is 7.11 Å². The Morgan fingerprint density at radius 3 is 2.37 bits per heavy atom. The van der Waals surface area contributed by atoms with E-state index in [1.54, 1.807) is 24.3 Å². The molecule has 1 aliphatic heterocycles. The standard InChI is InChI=1S/C25H26O10/c1-4-5-14-15(26)10-16(27)17-19(29)24(35-25-21(31)20(30)18(28)11(2)33-25)22(34-23(14)17)12-6-8-13(32-3)9-7-12/h4,6-11,18,20-21,25-28,30-31H,1,5H2,2-3H3/t11-,18-,20+,21+,25-/m0/s1. The van der Waals surface area contributed by atoms with Gasteiger partial charge in [-0.1, -0.05) is 6.08 Å². The average Bonchev–Trinajstić information content (AvgIpc) is 2.84. The SMILES string of the molecule is C=CCc1c(O)cc(O)c2c(=O)c(O[C@@H]3O[C@@H](C)[C@H](O)[C@@H](O)[C@H]3O)c(-c3ccc(OC)cc3)oc12. The molecule has 2 heterocycles. The molecule has 1 aliphatic rings. The zero-order valence-electron chi connectivity index (χ0n) is 19.0. The van der Waals surface area contributed by atoms with Gasteiger partial charge < -0.3 is 44.2 Å². The smallest absolute Gasteiger partial charge is 0.239 e. The molecule has 10 heteroatoms. The first kappa shape index (κ1) is 24.6. The molecule has 0 spiro atoms. The Hall–Kier alpha value is -3.57. The fourth-order valence-electron chi connectivity index (χ4n) is 3.98. The van der Waals surface area contributed by atoms with Crippen LogP contribution in [-0.2, 0) is 11.2 Å². The molecule has 5 atom stereocenters. The van der Waals surface area contributed by atoms with Crippen LogP contribution in [0.2, 0.25) is 0 Å². The van der Waals surface area contributed by atoms with Crippen LogP contribution in [0.4, 0.5) is 0 Å². The van der Waals surface area contributed by atoms with Gasteiger partial charge >= 0.3 is 0 Å². The number of rotatable bonds is 6. The van der Waals surface area contributed by atoms with Crippen molar-refractivity contribution in [3.05, 3.63) is 58.8 Å². The van der Waals surface area contributed by atoms with Crippen LogP contribution in [0.25, 0.3) is 22.3 Å². The normalized spacial score (nSPS) is 24.3. The van der Waals surface area contributed by atoms with Gasteiger partial charge in [0.15, 0.2) is 5.76 Å². The monoisotopic (exact) mass is 486 g/mol. The Kier molecular flexibility index (Phi) is 6.73. The summed E-state index contributed by atoms with van der Waals surface area (Å²) in [6.45, 7) is 5.12. The molecule has 0 aliphatic carbocycles. The number of fused-ring (bicyclic) bond motifs is 1. The largest absolute Gasteiger partial charge is 0.507 e. The Bertz CT molecular complexity index is 1300. The van der Waals surface area contributed by atoms with Gasteiger partial charge in [0, 0.05) is 17.2 Å². The number of allylic oxidation sites excluding steroid dienone is 1. The fraction of sp³-hybridized carbons (Fsp3) is 0.320. The summed E-state index contributed by atoms with van der Waals surface area (Å²) in [5.74, 6) is -0.778. The lowest BCUT2D eigenvalue weighted by molar-refractivity contribution is -0.268. The maximum atomic E-state index is 13.6. The van der Waals surface area contributed by atoms with Crippen molar-refractivity contribution >= 4 is 11.0 Å². The van der Waals surface area contributed by atoms with E-state index in [0.29, 0.717) is 11.3 Å². The van der Waals surface area contributed by atoms with Gasteiger partial charge in [0.25, 0.3) is 0 Å². The highest BCUT2D eigenvalue weighted by molar-refractivity contribution is 5.91. The van der Waals surface area contributed by atoms with Crippen molar-refractivity contribution in [2.45, 2.75) is 44.1 Å². The molecule has 0 amide bonds. The fourth-order valence-corrected chi connectivity index (χ4v) is 3.98. The number of benzene rings is 2. The van der Waals surface area contributed by atoms with Crippen LogP contribution in [-0.4, -0.2) is 63.3 Å². The summed E-state index contributed by atoms with van der Waals surface area (Å²) in [7, 11) is 1.50. The molecule has 1 fully saturated rings. The van der Waals surface area contributed by atoms with Gasteiger partial charge in [0.05, 0.1) is 13.2 Å². The number of ether oxygens (including phenoxy) is 3. The van der Waals surface area contributed by atoms with Gasteiger partial charge in [-0.3, -0.25) is 4.79 Å². The van der Waals surface area contributed by atoms with Crippen molar-refractivity contribution in [3.8, 4) is 34.3 Å². The number of aliphatic hydroxyl groups is 3. The second-order valence-corrected chi connectivity index (χ2v) is 8.21. The van der Waals surface area contributed by atoms with E-state index in [1.807, 2.05) is 0 Å². The molecular weight excluding hydrogens is 460 g/mol.